The predicted molar refractivity (Wildman–Crippen MR) is 98.4 cm³/mol. The van der Waals surface area contributed by atoms with Crippen molar-refractivity contribution in [3.63, 3.8) is 0 Å². The molecule has 8 nitrogen and oxygen atoms in total. The SMILES string of the molecule is Cc1nc(C(=O)N2CCN(c3ncccn3)CC2)cc(N2CCCC2)n1. The molecule has 0 aliphatic carbocycles. The molecule has 2 fully saturated rings. The van der Waals surface area contributed by atoms with Crippen LogP contribution in [0.1, 0.15) is 29.2 Å². The van der Waals surface area contributed by atoms with Crippen molar-refractivity contribution in [3.05, 3.63) is 36.0 Å². The molecule has 0 N–H and O–H groups in total. The quantitative estimate of drug-likeness (QED) is 0.819. The highest BCUT2D eigenvalue weighted by atomic mass is 16.2. The fourth-order valence-electron chi connectivity index (χ4n) is 3.50. The summed E-state index contributed by atoms with van der Waals surface area (Å²) in [6, 6.07) is 3.64. The van der Waals surface area contributed by atoms with Crippen LogP contribution in [0.25, 0.3) is 0 Å². The lowest BCUT2D eigenvalue weighted by Gasteiger charge is -2.34. The molecule has 0 aromatic carbocycles. The van der Waals surface area contributed by atoms with Crippen LogP contribution in [0.4, 0.5) is 11.8 Å². The molecule has 4 heterocycles. The van der Waals surface area contributed by atoms with Gasteiger partial charge in [0, 0.05) is 57.7 Å². The Labute approximate surface area is 152 Å². The zero-order chi connectivity index (χ0) is 17.9. The summed E-state index contributed by atoms with van der Waals surface area (Å²) in [5.41, 5.74) is 0.490. The Hall–Kier alpha value is -2.77. The smallest absolute Gasteiger partial charge is 0.272 e. The lowest BCUT2D eigenvalue weighted by molar-refractivity contribution is 0.0740. The maximum atomic E-state index is 12.9. The van der Waals surface area contributed by atoms with Crippen LogP contribution in [0.3, 0.4) is 0 Å². The molecule has 1 amide bonds. The first-order valence-corrected chi connectivity index (χ1v) is 9.12. The van der Waals surface area contributed by atoms with Gasteiger partial charge in [-0.2, -0.15) is 0 Å². The summed E-state index contributed by atoms with van der Waals surface area (Å²) in [5.74, 6) is 2.21. The lowest BCUT2D eigenvalue weighted by Crippen LogP contribution is -2.49. The molecule has 2 aromatic heterocycles. The molecule has 136 valence electrons. The van der Waals surface area contributed by atoms with E-state index < -0.39 is 0 Å². The monoisotopic (exact) mass is 353 g/mol. The lowest BCUT2D eigenvalue weighted by atomic mass is 10.2. The molecule has 2 saturated heterocycles. The van der Waals surface area contributed by atoms with E-state index in [1.165, 1.54) is 12.8 Å². The van der Waals surface area contributed by atoms with Crippen LogP contribution in [-0.4, -0.2) is 70.0 Å². The third-order valence-electron chi connectivity index (χ3n) is 4.88. The summed E-state index contributed by atoms with van der Waals surface area (Å²) in [4.78, 5) is 36.6. The number of aromatic nitrogens is 4. The van der Waals surface area contributed by atoms with Gasteiger partial charge in [-0.3, -0.25) is 4.79 Å². The van der Waals surface area contributed by atoms with Gasteiger partial charge in [0.2, 0.25) is 5.95 Å². The number of carbonyl (C=O) groups excluding carboxylic acids is 1. The van der Waals surface area contributed by atoms with Crippen molar-refractivity contribution < 1.29 is 4.79 Å². The van der Waals surface area contributed by atoms with Crippen molar-refractivity contribution in [3.8, 4) is 0 Å². The molecule has 0 spiro atoms. The van der Waals surface area contributed by atoms with Crippen molar-refractivity contribution in [1.82, 2.24) is 24.8 Å². The summed E-state index contributed by atoms with van der Waals surface area (Å²) in [6.45, 7) is 6.57. The van der Waals surface area contributed by atoms with E-state index in [0.29, 0.717) is 30.6 Å². The number of hydrogen-bond donors (Lipinski definition) is 0. The van der Waals surface area contributed by atoms with Gasteiger partial charge in [0.05, 0.1) is 0 Å². The molecule has 2 aliphatic rings. The van der Waals surface area contributed by atoms with Crippen molar-refractivity contribution in [1.29, 1.82) is 0 Å². The second-order valence-corrected chi connectivity index (χ2v) is 6.68. The van der Waals surface area contributed by atoms with Crippen LogP contribution in [-0.2, 0) is 0 Å². The van der Waals surface area contributed by atoms with Gasteiger partial charge in [0.25, 0.3) is 5.91 Å². The fraction of sp³-hybridized carbons (Fsp3) is 0.500. The summed E-state index contributed by atoms with van der Waals surface area (Å²) in [6.07, 6.45) is 5.83. The van der Waals surface area contributed by atoms with Crippen molar-refractivity contribution >= 4 is 17.7 Å². The summed E-state index contributed by atoms with van der Waals surface area (Å²) < 4.78 is 0. The summed E-state index contributed by atoms with van der Waals surface area (Å²) in [7, 11) is 0. The topological polar surface area (TPSA) is 78.4 Å². The Morgan fingerprint density at radius 3 is 2.31 bits per heavy atom. The van der Waals surface area contributed by atoms with E-state index in [9.17, 15) is 4.79 Å². The number of anilines is 2. The van der Waals surface area contributed by atoms with Crippen molar-refractivity contribution in [2.24, 2.45) is 0 Å². The van der Waals surface area contributed by atoms with Gasteiger partial charge in [-0.05, 0) is 25.8 Å². The van der Waals surface area contributed by atoms with Crippen LogP contribution >= 0.6 is 0 Å². The summed E-state index contributed by atoms with van der Waals surface area (Å²) in [5, 5.41) is 0. The maximum absolute atomic E-state index is 12.9. The number of piperazine rings is 1. The zero-order valence-corrected chi connectivity index (χ0v) is 15.0. The normalized spacial score (nSPS) is 17.7. The third kappa shape index (κ3) is 3.44. The van der Waals surface area contributed by atoms with Gasteiger partial charge in [-0.25, -0.2) is 19.9 Å². The second-order valence-electron chi connectivity index (χ2n) is 6.68. The van der Waals surface area contributed by atoms with E-state index in [1.807, 2.05) is 17.9 Å². The minimum absolute atomic E-state index is 0.0235. The molecular weight excluding hydrogens is 330 g/mol. The van der Waals surface area contributed by atoms with E-state index >= 15 is 0 Å². The van der Waals surface area contributed by atoms with Gasteiger partial charge in [0.1, 0.15) is 17.3 Å². The van der Waals surface area contributed by atoms with Crippen molar-refractivity contribution in [2.75, 3.05) is 49.1 Å². The molecule has 2 aromatic rings. The number of aryl methyl sites for hydroxylation is 1. The third-order valence-corrected chi connectivity index (χ3v) is 4.88. The Kier molecular flexibility index (Phi) is 4.64. The molecule has 0 saturated carbocycles. The van der Waals surface area contributed by atoms with Gasteiger partial charge in [-0.1, -0.05) is 0 Å². The van der Waals surface area contributed by atoms with Crippen LogP contribution in [0, 0.1) is 6.92 Å². The van der Waals surface area contributed by atoms with Gasteiger partial charge in [0.15, 0.2) is 0 Å². The molecule has 8 heteroatoms. The maximum Gasteiger partial charge on any atom is 0.272 e. The Bertz CT molecular complexity index is 768. The fourth-order valence-corrected chi connectivity index (χ4v) is 3.50. The first-order valence-electron chi connectivity index (χ1n) is 9.12. The highest BCUT2D eigenvalue weighted by Crippen LogP contribution is 2.20. The Balaban J connectivity index is 1.45. The van der Waals surface area contributed by atoms with E-state index in [4.69, 9.17) is 0 Å². The van der Waals surface area contributed by atoms with Gasteiger partial charge < -0.3 is 14.7 Å². The largest absolute Gasteiger partial charge is 0.356 e. The molecule has 0 atom stereocenters. The molecule has 0 unspecified atom stereocenters. The number of rotatable bonds is 3. The Morgan fingerprint density at radius 2 is 1.62 bits per heavy atom. The molecular formula is C18H23N7O. The van der Waals surface area contributed by atoms with E-state index in [0.717, 1.165) is 32.0 Å². The van der Waals surface area contributed by atoms with Crippen molar-refractivity contribution in [2.45, 2.75) is 19.8 Å². The van der Waals surface area contributed by atoms with Crippen LogP contribution < -0.4 is 9.80 Å². The van der Waals surface area contributed by atoms with Crippen LogP contribution in [0.15, 0.2) is 24.5 Å². The van der Waals surface area contributed by atoms with Crippen LogP contribution in [0.2, 0.25) is 0 Å². The average molecular weight is 353 g/mol. The minimum Gasteiger partial charge on any atom is -0.356 e. The first-order chi connectivity index (χ1) is 12.7. The predicted octanol–water partition coefficient (Wildman–Crippen LogP) is 1.14. The van der Waals surface area contributed by atoms with Gasteiger partial charge >= 0.3 is 0 Å². The van der Waals surface area contributed by atoms with Crippen LogP contribution in [0.5, 0.6) is 0 Å². The molecule has 26 heavy (non-hydrogen) atoms. The Morgan fingerprint density at radius 1 is 0.923 bits per heavy atom. The number of nitrogens with zero attached hydrogens (tertiary/aromatic N) is 7. The highest BCUT2D eigenvalue weighted by molar-refractivity contribution is 5.93. The van der Waals surface area contributed by atoms with Gasteiger partial charge in [-0.15, -0.1) is 0 Å². The van der Waals surface area contributed by atoms with E-state index in [-0.39, 0.29) is 5.91 Å². The molecule has 0 bridgehead atoms. The minimum atomic E-state index is -0.0235. The molecule has 4 rings (SSSR count). The number of amides is 1. The highest BCUT2D eigenvalue weighted by Gasteiger charge is 2.25. The standard InChI is InChI=1S/C18H23N7O/c1-14-21-15(13-16(22-14)23-7-2-3-8-23)17(26)24-9-11-25(12-10-24)18-19-5-4-6-20-18/h4-6,13H,2-3,7-12H2,1H3. The van der Waals surface area contributed by atoms with E-state index in [1.54, 1.807) is 18.5 Å². The second kappa shape index (κ2) is 7.23. The summed E-state index contributed by atoms with van der Waals surface area (Å²) >= 11 is 0. The number of hydrogen-bond acceptors (Lipinski definition) is 7. The zero-order valence-electron chi connectivity index (χ0n) is 15.0. The first kappa shape index (κ1) is 16.7. The molecule has 0 radical (unpaired) electrons. The molecule has 2 aliphatic heterocycles. The average Bonchev–Trinajstić information content (AvgIpc) is 3.23. The number of carbonyl (C=O) groups is 1. The van der Waals surface area contributed by atoms with E-state index in [2.05, 4.69) is 29.7 Å².